The zero-order valence-corrected chi connectivity index (χ0v) is 19.0. The Morgan fingerprint density at radius 3 is 2.59 bits per heavy atom. The quantitative estimate of drug-likeness (QED) is 0.501. The van der Waals surface area contributed by atoms with Gasteiger partial charge in [0.25, 0.3) is 5.91 Å². The van der Waals surface area contributed by atoms with E-state index in [9.17, 15) is 9.59 Å². The fourth-order valence-corrected chi connectivity index (χ4v) is 5.42. The van der Waals surface area contributed by atoms with Crippen molar-refractivity contribution in [1.29, 1.82) is 0 Å². The summed E-state index contributed by atoms with van der Waals surface area (Å²) < 4.78 is 1.73. The zero-order valence-electron chi connectivity index (χ0n) is 19.0. The van der Waals surface area contributed by atoms with E-state index >= 15 is 0 Å². The van der Waals surface area contributed by atoms with Gasteiger partial charge in [-0.05, 0) is 62.1 Å². The lowest BCUT2D eigenvalue weighted by molar-refractivity contribution is -0.121. The van der Waals surface area contributed by atoms with Crippen LogP contribution in [0, 0.1) is 5.41 Å². The number of aromatic nitrogens is 5. The van der Waals surface area contributed by atoms with E-state index in [1.165, 1.54) is 26.3 Å². The number of primary amides is 1. The minimum atomic E-state index is -0.812. The highest BCUT2D eigenvalue weighted by Gasteiger charge is 2.78. The summed E-state index contributed by atoms with van der Waals surface area (Å²) in [6.45, 7) is 2.07. The fraction of sp³-hybridized carbons (Fsp3) is 0.478. The molecule has 11 nitrogen and oxygen atoms in total. The molecule has 0 unspecified atom stereocenters. The lowest BCUT2D eigenvalue weighted by atomic mass is 9.96. The number of carbonyl (C=O) groups excluding carboxylic acids is 2. The molecule has 0 radical (unpaired) electrons. The third kappa shape index (κ3) is 3.10. The minimum absolute atomic E-state index is 0.0918. The number of nitrogens with zero attached hydrogens (tertiary/aromatic N) is 6. The van der Waals surface area contributed by atoms with Gasteiger partial charge < -0.3 is 21.3 Å². The van der Waals surface area contributed by atoms with Crippen molar-refractivity contribution < 1.29 is 9.59 Å². The summed E-state index contributed by atoms with van der Waals surface area (Å²) >= 11 is 0. The van der Waals surface area contributed by atoms with E-state index in [1.54, 1.807) is 10.6 Å². The number of fused-ring (bicyclic) bond motifs is 1. The Labute approximate surface area is 196 Å². The summed E-state index contributed by atoms with van der Waals surface area (Å²) in [6, 6.07) is 5.68. The third-order valence-corrected chi connectivity index (χ3v) is 7.61. The first-order valence-corrected chi connectivity index (χ1v) is 11.7. The van der Waals surface area contributed by atoms with Gasteiger partial charge in [0.2, 0.25) is 11.9 Å². The van der Waals surface area contributed by atoms with Gasteiger partial charge in [-0.15, -0.1) is 10.2 Å². The van der Waals surface area contributed by atoms with Crippen LogP contribution in [0.15, 0.2) is 24.4 Å². The summed E-state index contributed by atoms with van der Waals surface area (Å²) in [4.78, 5) is 31.8. The molecule has 1 saturated heterocycles. The van der Waals surface area contributed by atoms with Crippen LogP contribution in [0.1, 0.15) is 54.7 Å². The Morgan fingerprint density at radius 1 is 1.12 bits per heavy atom. The van der Waals surface area contributed by atoms with Crippen LogP contribution in [0.25, 0.3) is 5.65 Å². The molecule has 3 aromatic rings. The number of hydrogen-bond acceptors (Lipinski definition) is 8. The summed E-state index contributed by atoms with van der Waals surface area (Å²) in [5.41, 5.74) is 7.66. The van der Waals surface area contributed by atoms with E-state index in [1.807, 2.05) is 12.3 Å². The highest BCUT2D eigenvalue weighted by atomic mass is 16.2. The van der Waals surface area contributed by atoms with E-state index in [-0.39, 0.29) is 11.1 Å². The van der Waals surface area contributed by atoms with Crippen molar-refractivity contribution >= 4 is 34.8 Å². The SMILES string of the molecule is CNC(=O)c1nnc([C@@]2(C(N)=O)CC23CC3)cc1Nc1nc2ccc(N3CCCCC3)cn2n1. The fourth-order valence-electron chi connectivity index (χ4n) is 5.42. The maximum Gasteiger partial charge on any atom is 0.273 e. The number of nitrogens with one attached hydrogen (secondary N) is 2. The summed E-state index contributed by atoms with van der Waals surface area (Å²) in [5.74, 6) is -0.471. The van der Waals surface area contributed by atoms with Gasteiger partial charge in [0.1, 0.15) is 0 Å². The number of piperidine rings is 1. The highest BCUT2D eigenvalue weighted by Crippen LogP contribution is 2.78. The Hall–Kier alpha value is -3.76. The number of amides is 2. The topological polar surface area (TPSA) is 143 Å². The molecule has 1 atom stereocenters. The number of anilines is 3. The van der Waals surface area contributed by atoms with Crippen molar-refractivity contribution in [3.8, 4) is 0 Å². The normalized spacial score (nSPS) is 22.6. The summed E-state index contributed by atoms with van der Waals surface area (Å²) in [5, 5.41) is 18.7. The maximum absolute atomic E-state index is 12.5. The monoisotopic (exact) mass is 461 g/mol. The molecule has 2 aliphatic carbocycles. The van der Waals surface area contributed by atoms with Gasteiger partial charge in [-0.1, -0.05) is 0 Å². The van der Waals surface area contributed by atoms with Crippen molar-refractivity contribution in [3.63, 3.8) is 0 Å². The average Bonchev–Trinajstić information content (AvgIpc) is 3.74. The molecule has 1 aliphatic heterocycles. The molecule has 4 N–H and O–H groups in total. The van der Waals surface area contributed by atoms with E-state index in [0.717, 1.165) is 31.6 Å². The van der Waals surface area contributed by atoms with Crippen LogP contribution in [0.5, 0.6) is 0 Å². The van der Waals surface area contributed by atoms with Crippen LogP contribution in [-0.4, -0.2) is 56.7 Å². The molecule has 1 spiro atoms. The van der Waals surface area contributed by atoms with Crippen molar-refractivity contribution in [2.45, 2.75) is 43.9 Å². The van der Waals surface area contributed by atoms with Gasteiger partial charge in [-0.25, -0.2) is 4.52 Å². The van der Waals surface area contributed by atoms with Gasteiger partial charge in [0.05, 0.1) is 28.7 Å². The van der Waals surface area contributed by atoms with Crippen molar-refractivity contribution in [2.75, 3.05) is 30.4 Å². The van der Waals surface area contributed by atoms with E-state index in [0.29, 0.717) is 29.4 Å². The molecule has 2 amide bonds. The zero-order chi connectivity index (χ0) is 23.5. The largest absolute Gasteiger partial charge is 0.370 e. The predicted molar refractivity (Wildman–Crippen MR) is 125 cm³/mol. The summed E-state index contributed by atoms with van der Waals surface area (Å²) in [6.07, 6.45) is 8.19. The Balaban J connectivity index is 1.34. The van der Waals surface area contributed by atoms with Crippen molar-refractivity contribution in [2.24, 2.45) is 11.1 Å². The van der Waals surface area contributed by atoms with Gasteiger partial charge in [-0.2, -0.15) is 10.1 Å². The van der Waals surface area contributed by atoms with Crippen LogP contribution in [-0.2, 0) is 10.2 Å². The second-order valence-electron chi connectivity index (χ2n) is 9.60. The standard InChI is InChI=1S/C23H27N9O2/c1-25-19(33)18-15(11-16(28-29-18)23(20(24)34)13-22(23)7-8-22)26-21-27-17-6-5-14(12-32(17)30-21)31-9-3-2-4-10-31/h5-6,11-12H,2-4,7-10,13H2,1H3,(H2,24,34)(H,25,33)(H,26,28,30)/t23-/m1/s1. The van der Waals surface area contributed by atoms with Crippen LogP contribution < -0.4 is 21.3 Å². The Kier molecular flexibility index (Phi) is 4.51. The molecule has 11 heteroatoms. The second kappa shape index (κ2) is 7.37. The first kappa shape index (κ1) is 20.8. The van der Waals surface area contributed by atoms with Crippen LogP contribution in [0.2, 0.25) is 0 Å². The summed E-state index contributed by atoms with van der Waals surface area (Å²) in [7, 11) is 1.53. The molecular weight excluding hydrogens is 434 g/mol. The molecule has 176 valence electrons. The molecular formula is C23H27N9O2. The first-order valence-electron chi connectivity index (χ1n) is 11.7. The molecule has 0 bridgehead atoms. The molecule has 2 saturated carbocycles. The van der Waals surface area contributed by atoms with E-state index in [4.69, 9.17) is 5.73 Å². The first-order chi connectivity index (χ1) is 16.5. The lowest BCUT2D eigenvalue weighted by Gasteiger charge is -2.28. The van der Waals surface area contributed by atoms with E-state index < -0.39 is 17.2 Å². The molecule has 3 fully saturated rings. The molecule has 6 rings (SSSR count). The molecule has 3 aliphatic rings. The predicted octanol–water partition coefficient (Wildman–Crippen LogP) is 1.52. The highest BCUT2D eigenvalue weighted by molar-refractivity contribution is 5.98. The molecule has 3 aromatic heterocycles. The Morgan fingerprint density at radius 2 is 1.91 bits per heavy atom. The smallest absolute Gasteiger partial charge is 0.273 e. The lowest BCUT2D eigenvalue weighted by Crippen LogP contribution is -2.33. The molecule has 4 heterocycles. The van der Waals surface area contributed by atoms with Crippen molar-refractivity contribution in [1.82, 2.24) is 30.1 Å². The second-order valence-corrected chi connectivity index (χ2v) is 9.60. The average molecular weight is 462 g/mol. The number of pyridine rings is 1. The van der Waals surface area contributed by atoms with Gasteiger partial charge in [-0.3, -0.25) is 9.59 Å². The third-order valence-electron chi connectivity index (χ3n) is 7.61. The van der Waals surface area contributed by atoms with Gasteiger partial charge in [0, 0.05) is 20.1 Å². The van der Waals surface area contributed by atoms with Gasteiger partial charge in [0.15, 0.2) is 11.3 Å². The number of hydrogen-bond donors (Lipinski definition) is 3. The Bertz CT molecular complexity index is 1310. The van der Waals surface area contributed by atoms with Gasteiger partial charge >= 0.3 is 0 Å². The minimum Gasteiger partial charge on any atom is -0.370 e. The van der Waals surface area contributed by atoms with Crippen LogP contribution in [0.3, 0.4) is 0 Å². The number of carbonyl (C=O) groups is 2. The molecule has 0 aromatic carbocycles. The number of nitrogens with two attached hydrogens (primary N) is 1. The van der Waals surface area contributed by atoms with Crippen LogP contribution in [0.4, 0.5) is 17.3 Å². The van der Waals surface area contributed by atoms with Crippen LogP contribution >= 0.6 is 0 Å². The maximum atomic E-state index is 12.5. The number of rotatable bonds is 6. The van der Waals surface area contributed by atoms with Crippen molar-refractivity contribution in [3.05, 3.63) is 35.8 Å². The molecule has 34 heavy (non-hydrogen) atoms. The van der Waals surface area contributed by atoms with E-state index in [2.05, 4.69) is 41.9 Å².